The zero-order valence-electron chi connectivity index (χ0n) is 16.0. The van der Waals surface area contributed by atoms with Gasteiger partial charge in [-0.15, -0.1) is 0 Å². The molecule has 0 heterocycles. The molecule has 0 saturated carbocycles. The second-order valence-corrected chi connectivity index (χ2v) is 6.21. The third-order valence-electron chi connectivity index (χ3n) is 3.76. The Labute approximate surface area is 180 Å². The summed E-state index contributed by atoms with van der Waals surface area (Å²) in [5, 5.41) is 11.6. The number of amides is 1. The maximum absolute atomic E-state index is 11.7. The van der Waals surface area contributed by atoms with E-state index >= 15 is 0 Å². The zero-order valence-corrected chi connectivity index (χ0v) is 18.1. The van der Waals surface area contributed by atoms with Crippen LogP contribution in [-0.2, 0) is 9.59 Å². The summed E-state index contributed by atoms with van der Waals surface area (Å²) in [6.45, 7) is 5.83. The van der Waals surface area contributed by atoms with E-state index in [0.29, 0.717) is 6.42 Å². The molecule has 2 N–H and O–H groups in total. The van der Waals surface area contributed by atoms with Gasteiger partial charge in [0.1, 0.15) is 6.04 Å². The van der Waals surface area contributed by atoms with Gasteiger partial charge in [-0.3, -0.25) is 4.79 Å². The third-order valence-corrected chi connectivity index (χ3v) is 3.76. The van der Waals surface area contributed by atoms with Gasteiger partial charge in [0, 0.05) is 6.42 Å². The molecule has 0 spiro atoms. The molecule has 0 aliphatic carbocycles. The first-order chi connectivity index (χ1) is 9.99. The van der Waals surface area contributed by atoms with E-state index in [1.54, 1.807) is 13.8 Å². The van der Waals surface area contributed by atoms with Gasteiger partial charge in [0.2, 0.25) is 5.91 Å². The molecule has 0 radical (unpaired) electrons. The number of carboxylic acid groups (broad SMARTS) is 1. The molecule has 0 aromatic rings. The number of unbranched alkanes of at least 4 members (excludes halogenated alkanes) is 8. The van der Waals surface area contributed by atoms with Crippen LogP contribution in [0.1, 0.15) is 86.4 Å². The third kappa shape index (κ3) is 14.2. The second-order valence-electron chi connectivity index (χ2n) is 6.21. The van der Waals surface area contributed by atoms with Crippen LogP contribution in [0, 0.1) is 5.92 Å². The number of rotatable bonds is 13. The van der Waals surface area contributed by atoms with Crippen molar-refractivity contribution in [2.24, 2.45) is 5.92 Å². The fourth-order valence-electron chi connectivity index (χ4n) is 2.36. The van der Waals surface area contributed by atoms with E-state index in [1.807, 2.05) is 0 Å². The van der Waals surface area contributed by atoms with E-state index in [2.05, 4.69) is 12.2 Å². The number of hydrogen-bond donors (Lipinski definition) is 2. The Bertz CT molecular complexity index is 302. The fourth-order valence-corrected chi connectivity index (χ4v) is 2.36. The molecule has 126 valence electrons. The minimum atomic E-state index is -0.953. The molecule has 1 unspecified atom stereocenters. The molecule has 1 amide bonds. The standard InChI is InChI=1S/C17H33NO3.K.H/c1-4-5-6-7-8-9-10-11-12-13-15(19)18-16(14(2)3)17(20)21;;/h14,16H,4-13H2,1-3H3,(H,18,19)(H,20,21);;/q;+1;-1. The minimum absolute atomic E-state index is 0. The van der Waals surface area contributed by atoms with Gasteiger partial charge >= 0.3 is 57.4 Å². The predicted molar refractivity (Wildman–Crippen MR) is 87.4 cm³/mol. The molecule has 0 aromatic carbocycles. The van der Waals surface area contributed by atoms with Crippen LogP contribution in [0.5, 0.6) is 0 Å². The zero-order chi connectivity index (χ0) is 16.1. The normalized spacial score (nSPS) is 11.8. The smallest absolute Gasteiger partial charge is 1.00 e. The quantitative estimate of drug-likeness (QED) is 0.392. The maximum Gasteiger partial charge on any atom is 1.00 e. The number of nitrogens with one attached hydrogen (secondary N) is 1. The van der Waals surface area contributed by atoms with Gasteiger partial charge in [-0.05, 0) is 12.3 Å². The molecule has 0 fully saturated rings. The molecule has 0 saturated heterocycles. The maximum atomic E-state index is 11.7. The summed E-state index contributed by atoms with van der Waals surface area (Å²) < 4.78 is 0. The van der Waals surface area contributed by atoms with Gasteiger partial charge in [0.25, 0.3) is 0 Å². The van der Waals surface area contributed by atoms with Gasteiger partial charge < -0.3 is 11.8 Å². The molecule has 4 nitrogen and oxygen atoms in total. The van der Waals surface area contributed by atoms with Gasteiger partial charge in [-0.2, -0.15) is 0 Å². The molecular weight excluding hydrogens is 305 g/mol. The topological polar surface area (TPSA) is 66.4 Å². The number of carbonyl (C=O) groups is 2. The molecular formula is C17H34KNO3. The number of hydrogen-bond acceptors (Lipinski definition) is 2. The van der Waals surface area contributed by atoms with Crippen molar-refractivity contribution in [1.82, 2.24) is 5.32 Å². The van der Waals surface area contributed by atoms with Crippen molar-refractivity contribution in [2.45, 2.75) is 91.0 Å². The van der Waals surface area contributed by atoms with Crippen LogP contribution < -0.4 is 56.7 Å². The summed E-state index contributed by atoms with van der Waals surface area (Å²) in [7, 11) is 0. The second kappa shape index (κ2) is 16.4. The number of carbonyl (C=O) groups excluding carboxylic acids is 1. The SMILES string of the molecule is CCCCCCCCCCCC(=O)NC(C(=O)O)C(C)C.[H-].[K+]. The van der Waals surface area contributed by atoms with Crippen molar-refractivity contribution in [3.05, 3.63) is 0 Å². The van der Waals surface area contributed by atoms with Crippen LogP contribution >= 0.6 is 0 Å². The Morgan fingerprint density at radius 2 is 1.41 bits per heavy atom. The summed E-state index contributed by atoms with van der Waals surface area (Å²) in [5.41, 5.74) is 0. The van der Waals surface area contributed by atoms with E-state index in [9.17, 15) is 9.59 Å². The first kappa shape index (κ1) is 24.8. The molecule has 0 aliphatic rings. The molecule has 1 atom stereocenters. The van der Waals surface area contributed by atoms with E-state index in [0.717, 1.165) is 12.8 Å². The summed E-state index contributed by atoms with van der Waals surface area (Å²) in [6, 6.07) is -0.768. The van der Waals surface area contributed by atoms with Crippen LogP contribution in [0.3, 0.4) is 0 Å². The monoisotopic (exact) mass is 339 g/mol. The summed E-state index contributed by atoms with van der Waals surface area (Å²) in [6.07, 6.45) is 11.3. The van der Waals surface area contributed by atoms with E-state index in [4.69, 9.17) is 5.11 Å². The molecule has 0 aromatic heterocycles. The van der Waals surface area contributed by atoms with Crippen LogP contribution in [0.2, 0.25) is 0 Å². The van der Waals surface area contributed by atoms with Crippen LogP contribution in [0.15, 0.2) is 0 Å². The summed E-state index contributed by atoms with van der Waals surface area (Å²) in [4.78, 5) is 22.7. The van der Waals surface area contributed by atoms with Crippen molar-refractivity contribution >= 4 is 11.9 Å². The molecule has 5 heteroatoms. The molecule has 22 heavy (non-hydrogen) atoms. The first-order valence-corrected chi connectivity index (χ1v) is 8.51. The van der Waals surface area contributed by atoms with Crippen LogP contribution in [-0.4, -0.2) is 23.0 Å². The van der Waals surface area contributed by atoms with E-state index in [1.165, 1.54) is 44.9 Å². The van der Waals surface area contributed by atoms with E-state index in [-0.39, 0.29) is 64.6 Å². The van der Waals surface area contributed by atoms with E-state index < -0.39 is 12.0 Å². The molecule has 0 aliphatic heterocycles. The van der Waals surface area contributed by atoms with Gasteiger partial charge in [0.15, 0.2) is 0 Å². The Morgan fingerprint density at radius 1 is 0.955 bits per heavy atom. The van der Waals surface area contributed by atoms with Crippen LogP contribution in [0.4, 0.5) is 0 Å². The average Bonchev–Trinajstić information content (AvgIpc) is 2.42. The molecule has 0 rings (SSSR count). The summed E-state index contributed by atoms with van der Waals surface area (Å²) in [5.74, 6) is -1.18. The van der Waals surface area contributed by atoms with Crippen molar-refractivity contribution in [3.63, 3.8) is 0 Å². The van der Waals surface area contributed by atoms with Crippen molar-refractivity contribution in [1.29, 1.82) is 0 Å². The predicted octanol–water partition coefficient (Wildman–Crippen LogP) is 1.25. The number of aliphatic carboxylic acids is 1. The van der Waals surface area contributed by atoms with Crippen LogP contribution in [0.25, 0.3) is 0 Å². The average molecular weight is 340 g/mol. The minimum Gasteiger partial charge on any atom is -1.00 e. The Morgan fingerprint density at radius 3 is 1.82 bits per heavy atom. The van der Waals surface area contributed by atoms with Crippen molar-refractivity contribution in [3.8, 4) is 0 Å². The Kier molecular flexibility index (Phi) is 18.5. The number of carboxylic acids is 1. The summed E-state index contributed by atoms with van der Waals surface area (Å²) >= 11 is 0. The largest absolute Gasteiger partial charge is 1.00 e. The Hall–Kier alpha value is 0.576. The molecule has 0 bridgehead atoms. The van der Waals surface area contributed by atoms with Gasteiger partial charge in [-0.1, -0.05) is 72.1 Å². The van der Waals surface area contributed by atoms with Gasteiger partial charge in [0.05, 0.1) is 0 Å². The van der Waals surface area contributed by atoms with Crippen molar-refractivity contribution in [2.75, 3.05) is 0 Å². The van der Waals surface area contributed by atoms with Crippen molar-refractivity contribution < 1.29 is 67.5 Å². The Balaban J connectivity index is -0.00000200. The first-order valence-electron chi connectivity index (χ1n) is 8.51. The van der Waals surface area contributed by atoms with Gasteiger partial charge in [-0.25, -0.2) is 4.79 Å². The fraction of sp³-hybridized carbons (Fsp3) is 0.882.